The predicted molar refractivity (Wildman–Crippen MR) is 124 cm³/mol. The lowest BCUT2D eigenvalue weighted by Gasteiger charge is -2.38. The van der Waals surface area contributed by atoms with Crippen LogP contribution in [0.2, 0.25) is 0 Å². The largest absolute Gasteiger partial charge is 0.338 e. The Bertz CT molecular complexity index is 788. The number of likely N-dealkylation sites (tertiary alicyclic amines) is 2. The molecule has 29 heavy (non-hydrogen) atoms. The fourth-order valence-corrected chi connectivity index (χ4v) is 4.94. The van der Waals surface area contributed by atoms with Gasteiger partial charge in [-0.2, -0.15) is 0 Å². The van der Waals surface area contributed by atoms with Crippen LogP contribution in [0.25, 0.3) is 0 Å². The van der Waals surface area contributed by atoms with E-state index >= 15 is 0 Å². The van der Waals surface area contributed by atoms with E-state index in [1.54, 1.807) is 0 Å². The average Bonchev–Trinajstić information content (AvgIpc) is 3.02. The lowest BCUT2D eigenvalue weighted by molar-refractivity contribution is -0.138. The Labute approximate surface area is 189 Å². The number of hydrogen-bond donors (Lipinski definition) is 0. The first-order chi connectivity index (χ1) is 13.6. The summed E-state index contributed by atoms with van der Waals surface area (Å²) in [7, 11) is 0. The summed E-state index contributed by atoms with van der Waals surface area (Å²) in [5.74, 6) is 0.388. The summed E-state index contributed by atoms with van der Waals surface area (Å²) >= 11 is 3.48. The van der Waals surface area contributed by atoms with Gasteiger partial charge in [0.2, 0.25) is 5.91 Å². The molecule has 2 heterocycles. The molecular weight excluding hydrogens is 448 g/mol. The molecule has 156 valence electrons. The van der Waals surface area contributed by atoms with E-state index in [4.69, 9.17) is 0 Å². The van der Waals surface area contributed by atoms with Crippen LogP contribution in [-0.4, -0.2) is 41.9 Å². The standard InChI is InChI=1S/C24H29BrN2O.ClH/c25-22-10-8-21(9-11-22)19-27-18-14-24(23(27)28)12-16-26(17-13-24)15-4-7-20-5-2-1-3-6-20;/h1-3,5-6,8-11H,4,7,12-19H2;1H. The number of amides is 1. The number of carbonyl (C=O) groups excluding carboxylic acids is 1. The predicted octanol–water partition coefficient (Wildman–Crippen LogP) is 5.32. The summed E-state index contributed by atoms with van der Waals surface area (Å²) in [4.78, 5) is 17.8. The Balaban J connectivity index is 0.00000240. The highest BCUT2D eigenvalue weighted by Crippen LogP contribution is 2.42. The first-order valence-electron chi connectivity index (χ1n) is 10.4. The van der Waals surface area contributed by atoms with E-state index in [1.807, 2.05) is 0 Å². The summed E-state index contributed by atoms with van der Waals surface area (Å²) in [6, 6.07) is 19.1. The molecule has 0 aliphatic carbocycles. The second-order valence-electron chi connectivity index (χ2n) is 8.31. The Morgan fingerprint density at radius 1 is 0.862 bits per heavy atom. The molecule has 0 atom stereocenters. The number of aryl methyl sites for hydroxylation is 1. The zero-order chi connectivity index (χ0) is 19.4. The monoisotopic (exact) mass is 476 g/mol. The fraction of sp³-hybridized carbons (Fsp3) is 0.458. The third kappa shape index (κ3) is 5.42. The van der Waals surface area contributed by atoms with Crippen LogP contribution in [-0.2, 0) is 17.8 Å². The number of benzene rings is 2. The number of hydrogen-bond acceptors (Lipinski definition) is 2. The van der Waals surface area contributed by atoms with Gasteiger partial charge in [0.15, 0.2) is 0 Å². The van der Waals surface area contributed by atoms with Crippen molar-refractivity contribution in [1.29, 1.82) is 0 Å². The molecule has 0 saturated carbocycles. The van der Waals surface area contributed by atoms with Crippen LogP contribution in [0.1, 0.15) is 36.8 Å². The second-order valence-corrected chi connectivity index (χ2v) is 9.23. The molecule has 1 amide bonds. The van der Waals surface area contributed by atoms with E-state index in [9.17, 15) is 4.79 Å². The summed E-state index contributed by atoms with van der Waals surface area (Å²) in [5, 5.41) is 0. The SMILES string of the molecule is Cl.O=C1N(Cc2ccc(Br)cc2)CCC12CCN(CCCc1ccccc1)CC2. The Kier molecular flexibility index (Phi) is 7.78. The van der Waals surface area contributed by atoms with Crippen molar-refractivity contribution in [1.82, 2.24) is 9.80 Å². The van der Waals surface area contributed by atoms with Gasteiger partial charge in [-0.05, 0) is 75.0 Å². The average molecular weight is 478 g/mol. The maximum atomic E-state index is 13.2. The minimum atomic E-state index is -0.0920. The maximum Gasteiger partial charge on any atom is 0.229 e. The molecule has 0 unspecified atom stereocenters. The van der Waals surface area contributed by atoms with Crippen molar-refractivity contribution in [3.8, 4) is 0 Å². The molecule has 2 aromatic rings. The quantitative estimate of drug-likeness (QED) is 0.562. The van der Waals surface area contributed by atoms with E-state index < -0.39 is 0 Å². The van der Waals surface area contributed by atoms with Gasteiger partial charge in [0.05, 0.1) is 5.41 Å². The van der Waals surface area contributed by atoms with Gasteiger partial charge in [-0.1, -0.05) is 58.4 Å². The van der Waals surface area contributed by atoms with Gasteiger partial charge >= 0.3 is 0 Å². The van der Waals surface area contributed by atoms with E-state index in [1.165, 1.54) is 17.5 Å². The van der Waals surface area contributed by atoms with Crippen LogP contribution in [0.4, 0.5) is 0 Å². The van der Waals surface area contributed by atoms with Crippen LogP contribution in [0.3, 0.4) is 0 Å². The number of halogens is 2. The van der Waals surface area contributed by atoms with Gasteiger partial charge in [-0.3, -0.25) is 4.79 Å². The summed E-state index contributed by atoms with van der Waals surface area (Å²) in [5.41, 5.74) is 2.54. The molecule has 5 heteroatoms. The van der Waals surface area contributed by atoms with E-state index in [0.717, 1.165) is 62.9 Å². The van der Waals surface area contributed by atoms with Crippen molar-refractivity contribution in [2.24, 2.45) is 5.41 Å². The van der Waals surface area contributed by atoms with Crippen molar-refractivity contribution in [2.45, 2.75) is 38.6 Å². The minimum absolute atomic E-state index is 0. The van der Waals surface area contributed by atoms with Gasteiger partial charge in [0, 0.05) is 17.6 Å². The van der Waals surface area contributed by atoms with Crippen LogP contribution in [0.15, 0.2) is 59.1 Å². The van der Waals surface area contributed by atoms with Gasteiger partial charge in [-0.25, -0.2) is 0 Å². The molecule has 4 rings (SSSR count). The molecular formula is C24H30BrClN2O. The molecule has 2 aliphatic heterocycles. The Hall–Kier alpha value is -1.36. The summed E-state index contributed by atoms with van der Waals surface area (Å²) in [6.45, 7) is 4.92. The van der Waals surface area contributed by atoms with Crippen molar-refractivity contribution >= 4 is 34.2 Å². The van der Waals surface area contributed by atoms with E-state index in [0.29, 0.717) is 5.91 Å². The molecule has 1 spiro atoms. The third-order valence-corrected chi connectivity index (χ3v) is 7.01. The van der Waals surface area contributed by atoms with Gasteiger partial charge < -0.3 is 9.80 Å². The topological polar surface area (TPSA) is 23.6 Å². The highest BCUT2D eigenvalue weighted by atomic mass is 79.9. The molecule has 2 aliphatic rings. The molecule has 0 radical (unpaired) electrons. The molecule has 3 nitrogen and oxygen atoms in total. The summed E-state index contributed by atoms with van der Waals surface area (Å²) in [6.07, 6.45) is 5.41. The zero-order valence-electron chi connectivity index (χ0n) is 16.9. The number of carbonyl (C=O) groups is 1. The third-order valence-electron chi connectivity index (χ3n) is 6.48. The van der Waals surface area contributed by atoms with Crippen LogP contribution >= 0.6 is 28.3 Å². The second kappa shape index (κ2) is 10.1. The van der Waals surface area contributed by atoms with Gasteiger partial charge in [0.1, 0.15) is 0 Å². The number of piperidine rings is 1. The molecule has 2 aromatic carbocycles. The van der Waals surface area contributed by atoms with Crippen LogP contribution in [0.5, 0.6) is 0 Å². The van der Waals surface area contributed by atoms with Crippen LogP contribution in [0, 0.1) is 5.41 Å². The van der Waals surface area contributed by atoms with Gasteiger partial charge in [-0.15, -0.1) is 12.4 Å². The van der Waals surface area contributed by atoms with Crippen LogP contribution < -0.4 is 0 Å². The van der Waals surface area contributed by atoms with Crippen molar-refractivity contribution < 1.29 is 4.79 Å². The van der Waals surface area contributed by atoms with Crippen molar-refractivity contribution in [2.75, 3.05) is 26.2 Å². The molecule has 0 N–H and O–H groups in total. The molecule has 2 fully saturated rings. The molecule has 0 aromatic heterocycles. The number of nitrogens with zero attached hydrogens (tertiary/aromatic N) is 2. The normalized spacial score (nSPS) is 18.8. The highest BCUT2D eigenvalue weighted by Gasteiger charge is 2.47. The lowest BCUT2D eigenvalue weighted by atomic mass is 9.77. The van der Waals surface area contributed by atoms with E-state index in [-0.39, 0.29) is 17.8 Å². The first kappa shape index (κ1) is 22.3. The zero-order valence-corrected chi connectivity index (χ0v) is 19.3. The molecule has 2 saturated heterocycles. The van der Waals surface area contributed by atoms with E-state index in [2.05, 4.69) is 80.3 Å². The molecule has 0 bridgehead atoms. The fourth-order valence-electron chi connectivity index (χ4n) is 4.67. The maximum absolute atomic E-state index is 13.2. The Morgan fingerprint density at radius 3 is 2.21 bits per heavy atom. The summed E-state index contributed by atoms with van der Waals surface area (Å²) < 4.78 is 1.08. The number of rotatable bonds is 6. The lowest BCUT2D eigenvalue weighted by Crippen LogP contribution is -2.44. The van der Waals surface area contributed by atoms with Crippen molar-refractivity contribution in [3.05, 3.63) is 70.2 Å². The smallest absolute Gasteiger partial charge is 0.229 e. The minimum Gasteiger partial charge on any atom is -0.338 e. The highest BCUT2D eigenvalue weighted by molar-refractivity contribution is 9.10. The van der Waals surface area contributed by atoms with Gasteiger partial charge in [0.25, 0.3) is 0 Å². The Morgan fingerprint density at radius 2 is 1.52 bits per heavy atom. The first-order valence-corrected chi connectivity index (χ1v) is 11.2. The van der Waals surface area contributed by atoms with Crippen molar-refractivity contribution in [3.63, 3.8) is 0 Å².